The van der Waals surface area contributed by atoms with Crippen LogP contribution in [0, 0.1) is 5.92 Å². The number of hydrogen-bond acceptors (Lipinski definition) is 6. The Balaban J connectivity index is 1.90. The van der Waals surface area contributed by atoms with Gasteiger partial charge in [0.05, 0.1) is 31.7 Å². The van der Waals surface area contributed by atoms with Crippen LogP contribution in [0.25, 0.3) is 16.9 Å². The second-order valence-electron chi connectivity index (χ2n) is 6.50. The Kier molecular flexibility index (Phi) is 4.50. The number of methoxy groups -OCH3 is 2. The van der Waals surface area contributed by atoms with Gasteiger partial charge in [0, 0.05) is 17.7 Å². The minimum absolute atomic E-state index is 0.0221. The summed E-state index contributed by atoms with van der Waals surface area (Å²) in [6.07, 6.45) is -5.06. The maximum Gasteiger partial charge on any atom is 0.434 e. The third kappa shape index (κ3) is 3.42. The van der Waals surface area contributed by atoms with Crippen LogP contribution in [-0.4, -0.2) is 45.2 Å². The second kappa shape index (κ2) is 6.78. The van der Waals surface area contributed by atoms with Gasteiger partial charge in [-0.2, -0.15) is 23.3 Å². The minimum atomic E-state index is -4.70. The molecule has 4 rings (SSSR count). The third-order valence-electron chi connectivity index (χ3n) is 4.69. The van der Waals surface area contributed by atoms with E-state index in [0.29, 0.717) is 0 Å². The molecule has 29 heavy (non-hydrogen) atoms. The smallest absolute Gasteiger partial charge is 0.434 e. The first-order valence-corrected chi connectivity index (χ1v) is 8.44. The van der Waals surface area contributed by atoms with E-state index in [4.69, 9.17) is 9.47 Å². The maximum absolute atomic E-state index is 13.1. The molecule has 1 fully saturated rings. The molecule has 0 amide bonds. The average Bonchev–Trinajstić information content (AvgIpc) is 3.36. The van der Waals surface area contributed by atoms with E-state index in [1.807, 2.05) is 0 Å². The molecule has 3 heterocycles. The fraction of sp³-hybridized carbons (Fsp3) is 0.412. The van der Waals surface area contributed by atoms with E-state index in [1.165, 1.54) is 26.5 Å². The van der Waals surface area contributed by atoms with Crippen molar-refractivity contribution in [2.45, 2.75) is 24.9 Å². The topological polar surface area (TPSA) is 74.4 Å². The summed E-state index contributed by atoms with van der Waals surface area (Å²) < 4.78 is 76.6. The van der Waals surface area contributed by atoms with Crippen LogP contribution in [0.2, 0.25) is 0 Å². The van der Waals surface area contributed by atoms with Crippen molar-refractivity contribution in [1.29, 1.82) is 0 Å². The van der Waals surface area contributed by atoms with E-state index in [1.54, 1.807) is 0 Å². The van der Waals surface area contributed by atoms with Crippen molar-refractivity contribution in [1.82, 2.24) is 24.6 Å². The molecule has 0 aromatic carbocycles. The highest BCUT2D eigenvalue weighted by molar-refractivity contribution is 5.68. The number of hydrogen-bond donors (Lipinski definition) is 0. The highest BCUT2D eigenvalue weighted by atomic mass is 19.4. The molecule has 1 aliphatic carbocycles. The molecule has 0 N–H and O–H groups in total. The minimum Gasteiger partial charge on any atom is -0.480 e. The zero-order valence-corrected chi connectivity index (χ0v) is 15.1. The zero-order valence-electron chi connectivity index (χ0n) is 15.1. The van der Waals surface area contributed by atoms with Crippen LogP contribution < -0.4 is 9.47 Å². The van der Waals surface area contributed by atoms with Crippen LogP contribution in [0.3, 0.4) is 0 Å². The lowest BCUT2D eigenvalue weighted by Crippen LogP contribution is -2.04. The molecule has 0 radical (unpaired) electrons. The van der Waals surface area contributed by atoms with Gasteiger partial charge < -0.3 is 9.47 Å². The lowest BCUT2D eigenvalue weighted by Gasteiger charge is -2.10. The summed E-state index contributed by atoms with van der Waals surface area (Å²) in [7, 11) is 2.70. The molecule has 1 saturated carbocycles. The van der Waals surface area contributed by atoms with Crippen LogP contribution in [0.1, 0.15) is 23.6 Å². The molecule has 3 aromatic heterocycles. The molecule has 12 heteroatoms. The Bertz CT molecular complexity index is 1070. The molecule has 0 unspecified atom stereocenters. The lowest BCUT2D eigenvalue weighted by atomic mass is 10.1. The van der Waals surface area contributed by atoms with Gasteiger partial charge in [-0.05, 0) is 18.4 Å². The normalized spacial score (nSPS) is 19.0. The summed E-state index contributed by atoms with van der Waals surface area (Å²) >= 11 is 0. The van der Waals surface area contributed by atoms with Gasteiger partial charge in [0.1, 0.15) is 0 Å². The van der Waals surface area contributed by atoms with E-state index in [2.05, 4.69) is 20.1 Å². The molecule has 154 valence electrons. The molecule has 0 bridgehead atoms. The Morgan fingerprint density at radius 2 is 1.93 bits per heavy atom. The first-order chi connectivity index (χ1) is 13.7. The van der Waals surface area contributed by atoms with Gasteiger partial charge in [-0.1, -0.05) is 0 Å². The van der Waals surface area contributed by atoms with Gasteiger partial charge in [0.2, 0.25) is 12.3 Å². The van der Waals surface area contributed by atoms with Gasteiger partial charge in [-0.3, -0.25) is 0 Å². The molecule has 3 aromatic rings. The lowest BCUT2D eigenvalue weighted by molar-refractivity contribution is -0.140. The number of halogens is 5. The SMILES string of the molecule is COc1ncc(-c2cc([C@H]3C[C@@H]3C(F)F)c3nc(C(F)(F)F)cn3n2)c(OC)n1. The van der Waals surface area contributed by atoms with Crippen LogP contribution in [0.5, 0.6) is 11.9 Å². The number of ether oxygens (including phenoxy) is 2. The highest BCUT2D eigenvalue weighted by Gasteiger charge is 2.47. The summed E-state index contributed by atoms with van der Waals surface area (Å²) in [4.78, 5) is 11.6. The standard InChI is InChI=1S/C17H14F5N5O2/c1-28-15-10(5-23-16(25-15)29-2)11-4-9(7-3-8(7)13(18)19)14-24-12(17(20,21)22)6-27(14)26-11/h4-8,13H,3H2,1-2H3/t7-,8-/m0/s1. The summed E-state index contributed by atoms with van der Waals surface area (Å²) in [6, 6.07) is 1.46. The Labute approximate surface area is 160 Å². The highest BCUT2D eigenvalue weighted by Crippen LogP contribution is 2.52. The van der Waals surface area contributed by atoms with Gasteiger partial charge >= 0.3 is 12.2 Å². The Morgan fingerprint density at radius 1 is 1.17 bits per heavy atom. The first-order valence-electron chi connectivity index (χ1n) is 8.44. The molecular formula is C17H14F5N5O2. The van der Waals surface area contributed by atoms with E-state index >= 15 is 0 Å². The summed E-state index contributed by atoms with van der Waals surface area (Å²) in [5.41, 5.74) is -0.571. The number of alkyl halides is 5. The predicted molar refractivity (Wildman–Crippen MR) is 89.0 cm³/mol. The first kappa shape index (κ1) is 19.3. The third-order valence-corrected chi connectivity index (χ3v) is 4.69. The summed E-state index contributed by atoms with van der Waals surface area (Å²) in [5.74, 6) is -1.48. The number of fused-ring (bicyclic) bond motifs is 1. The van der Waals surface area contributed by atoms with Gasteiger partial charge in [-0.15, -0.1) is 0 Å². The second-order valence-corrected chi connectivity index (χ2v) is 6.50. The monoisotopic (exact) mass is 415 g/mol. The van der Waals surface area contributed by atoms with E-state index in [0.717, 1.165) is 10.7 Å². The van der Waals surface area contributed by atoms with E-state index in [-0.39, 0.29) is 40.8 Å². The summed E-state index contributed by atoms with van der Waals surface area (Å²) in [5, 5.41) is 4.15. The van der Waals surface area contributed by atoms with Crippen molar-refractivity contribution in [3.05, 3.63) is 29.7 Å². The van der Waals surface area contributed by atoms with Crippen molar-refractivity contribution in [2.24, 2.45) is 5.92 Å². The van der Waals surface area contributed by atoms with Crippen LogP contribution >= 0.6 is 0 Å². The van der Waals surface area contributed by atoms with Crippen molar-refractivity contribution >= 4 is 5.65 Å². The predicted octanol–water partition coefficient (Wildman–Crippen LogP) is 3.59. The molecule has 7 nitrogen and oxygen atoms in total. The van der Waals surface area contributed by atoms with Crippen LogP contribution in [0.4, 0.5) is 22.0 Å². The molecule has 0 aliphatic heterocycles. The number of aromatic nitrogens is 5. The fourth-order valence-corrected chi connectivity index (χ4v) is 3.17. The summed E-state index contributed by atoms with van der Waals surface area (Å²) in [6.45, 7) is 0. The Hall–Kier alpha value is -3.05. The van der Waals surface area contributed by atoms with Gasteiger partial charge in [0.15, 0.2) is 11.3 Å². The van der Waals surface area contributed by atoms with Crippen LogP contribution in [-0.2, 0) is 6.18 Å². The van der Waals surface area contributed by atoms with Crippen molar-refractivity contribution in [2.75, 3.05) is 14.2 Å². The van der Waals surface area contributed by atoms with Crippen molar-refractivity contribution in [3.8, 4) is 23.1 Å². The number of rotatable bonds is 5. The Morgan fingerprint density at radius 3 is 2.52 bits per heavy atom. The van der Waals surface area contributed by atoms with Gasteiger partial charge in [0.25, 0.3) is 0 Å². The molecule has 2 atom stereocenters. The molecule has 0 spiro atoms. The number of nitrogens with zero attached hydrogens (tertiary/aromatic N) is 5. The molecule has 0 saturated heterocycles. The maximum atomic E-state index is 13.1. The van der Waals surface area contributed by atoms with Gasteiger partial charge in [-0.25, -0.2) is 23.3 Å². The zero-order chi connectivity index (χ0) is 20.9. The molecule has 1 aliphatic rings. The quantitative estimate of drug-likeness (QED) is 0.593. The van der Waals surface area contributed by atoms with Crippen molar-refractivity contribution < 1.29 is 31.4 Å². The largest absolute Gasteiger partial charge is 0.480 e. The van der Waals surface area contributed by atoms with Crippen LogP contribution in [0.15, 0.2) is 18.5 Å². The van der Waals surface area contributed by atoms with E-state index < -0.39 is 30.1 Å². The van der Waals surface area contributed by atoms with Crippen molar-refractivity contribution in [3.63, 3.8) is 0 Å². The van der Waals surface area contributed by atoms with E-state index in [9.17, 15) is 22.0 Å². The average molecular weight is 415 g/mol. The number of imidazole rings is 1. The fourth-order valence-electron chi connectivity index (χ4n) is 3.17. The molecular weight excluding hydrogens is 401 g/mol.